The van der Waals surface area contributed by atoms with E-state index in [1.165, 1.54) is 12.1 Å². The van der Waals surface area contributed by atoms with E-state index in [1.807, 2.05) is 24.3 Å². The second-order valence-electron chi connectivity index (χ2n) is 9.22. The van der Waals surface area contributed by atoms with E-state index >= 15 is 0 Å². The molecule has 2 heterocycles. The monoisotopic (exact) mass is 517 g/mol. The number of phenols is 1. The standard InChI is InChI=1S/C24H31N5O6S/c1-36(34,35)28-19-13-16(4-7-21(19)30)22(31)14-25-17-8-10-29(11-9-17)18-5-2-15(3-6-18)12-20-23(32)27-24(33)26-20/h2-7,13,17,20,22,25,28,30-31H,8-12,14H2,1H3,(H2,26,27,32,33). The molecule has 2 fully saturated rings. The molecule has 2 aliphatic rings. The van der Waals surface area contributed by atoms with Gasteiger partial charge >= 0.3 is 6.03 Å². The van der Waals surface area contributed by atoms with Crippen molar-refractivity contribution in [3.8, 4) is 5.75 Å². The van der Waals surface area contributed by atoms with Crippen LogP contribution in [0.1, 0.15) is 30.1 Å². The lowest BCUT2D eigenvalue weighted by molar-refractivity contribution is -0.120. The quantitative estimate of drug-likeness (QED) is 0.210. The molecule has 2 aromatic rings. The average Bonchev–Trinajstić information content (AvgIpc) is 3.15. The van der Waals surface area contributed by atoms with Crippen molar-refractivity contribution in [1.82, 2.24) is 16.0 Å². The molecule has 36 heavy (non-hydrogen) atoms. The normalized spacial score (nSPS) is 19.6. The number of aliphatic hydroxyl groups excluding tert-OH is 1. The van der Waals surface area contributed by atoms with E-state index in [9.17, 15) is 28.2 Å². The third-order valence-corrected chi connectivity index (χ3v) is 6.99. The summed E-state index contributed by atoms with van der Waals surface area (Å²) in [6.07, 6.45) is 2.36. The number of carbonyl (C=O) groups excluding carboxylic acids is 2. The number of carbonyl (C=O) groups is 2. The minimum Gasteiger partial charge on any atom is -0.506 e. The smallest absolute Gasteiger partial charge is 0.322 e. The topological polar surface area (TPSA) is 160 Å². The van der Waals surface area contributed by atoms with Crippen LogP contribution in [0.2, 0.25) is 0 Å². The van der Waals surface area contributed by atoms with Gasteiger partial charge in [0.1, 0.15) is 11.8 Å². The largest absolute Gasteiger partial charge is 0.506 e. The van der Waals surface area contributed by atoms with Gasteiger partial charge < -0.3 is 25.7 Å². The molecule has 3 amide bonds. The Bertz CT molecular complexity index is 1210. The highest BCUT2D eigenvalue weighted by Crippen LogP contribution is 2.28. The van der Waals surface area contributed by atoms with Gasteiger partial charge in [0, 0.05) is 37.8 Å². The summed E-state index contributed by atoms with van der Waals surface area (Å²) in [5.74, 6) is -0.513. The summed E-state index contributed by atoms with van der Waals surface area (Å²) >= 11 is 0. The van der Waals surface area contributed by atoms with Gasteiger partial charge in [0.25, 0.3) is 5.91 Å². The summed E-state index contributed by atoms with van der Waals surface area (Å²) in [6.45, 7) is 1.99. The molecule has 0 radical (unpaired) electrons. The lowest BCUT2D eigenvalue weighted by Gasteiger charge is -2.34. The van der Waals surface area contributed by atoms with E-state index in [0.717, 1.165) is 43.4 Å². The number of urea groups is 1. The number of benzene rings is 2. The number of phenolic OH excluding ortho intramolecular Hbond substituents is 1. The van der Waals surface area contributed by atoms with Crippen molar-refractivity contribution in [2.45, 2.75) is 37.5 Å². The fourth-order valence-corrected chi connectivity index (χ4v) is 5.02. The van der Waals surface area contributed by atoms with Gasteiger partial charge in [-0.05, 0) is 48.2 Å². The molecule has 0 aliphatic carbocycles. The maximum Gasteiger partial charge on any atom is 0.322 e. The van der Waals surface area contributed by atoms with Crippen LogP contribution in [-0.4, -0.2) is 68.5 Å². The number of nitrogens with one attached hydrogen (secondary N) is 4. The summed E-state index contributed by atoms with van der Waals surface area (Å²) in [5.41, 5.74) is 2.59. The molecule has 0 aromatic heterocycles. The first-order valence-corrected chi connectivity index (χ1v) is 13.6. The Labute approximate surface area is 209 Å². The van der Waals surface area contributed by atoms with Crippen LogP contribution in [0, 0.1) is 0 Å². The summed E-state index contributed by atoms with van der Waals surface area (Å²) in [7, 11) is -3.55. The predicted molar refractivity (Wildman–Crippen MR) is 135 cm³/mol. The van der Waals surface area contributed by atoms with Crippen LogP contribution < -0.4 is 25.6 Å². The van der Waals surface area contributed by atoms with Gasteiger partial charge in [0.05, 0.1) is 18.0 Å². The van der Waals surface area contributed by atoms with Crippen molar-refractivity contribution < 1.29 is 28.2 Å². The minimum absolute atomic E-state index is 0.0321. The Hall–Kier alpha value is -3.35. The molecule has 2 saturated heterocycles. The lowest BCUT2D eigenvalue weighted by Crippen LogP contribution is -2.43. The molecular formula is C24H31N5O6S. The van der Waals surface area contributed by atoms with E-state index in [1.54, 1.807) is 6.07 Å². The first-order valence-electron chi connectivity index (χ1n) is 11.7. The highest BCUT2D eigenvalue weighted by Gasteiger charge is 2.29. The van der Waals surface area contributed by atoms with Gasteiger partial charge in [-0.1, -0.05) is 18.2 Å². The third kappa shape index (κ3) is 6.65. The summed E-state index contributed by atoms with van der Waals surface area (Å²) in [6, 6.07) is 11.6. The molecule has 2 unspecified atom stereocenters. The molecular weight excluding hydrogens is 486 g/mol. The maximum absolute atomic E-state index is 11.7. The zero-order valence-electron chi connectivity index (χ0n) is 19.9. The zero-order chi connectivity index (χ0) is 25.9. The predicted octanol–water partition coefficient (Wildman–Crippen LogP) is 0.806. The molecule has 0 saturated carbocycles. The van der Waals surface area contributed by atoms with Crippen molar-refractivity contribution in [1.29, 1.82) is 0 Å². The first kappa shape index (κ1) is 25.7. The fourth-order valence-electron chi connectivity index (χ4n) is 4.46. The lowest BCUT2D eigenvalue weighted by atomic mass is 10.0. The number of anilines is 2. The number of nitrogens with zero attached hydrogens (tertiary/aromatic N) is 1. The van der Waals surface area contributed by atoms with E-state index in [0.29, 0.717) is 18.5 Å². The van der Waals surface area contributed by atoms with Crippen molar-refractivity contribution in [2.24, 2.45) is 0 Å². The minimum atomic E-state index is -3.55. The van der Waals surface area contributed by atoms with Crippen LogP contribution in [0.15, 0.2) is 42.5 Å². The molecule has 4 rings (SSSR count). The summed E-state index contributed by atoms with van der Waals surface area (Å²) < 4.78 is 25.2. The molecule has 2 aliphatic heterocycles. The van der Waals surface area contributed by atoms with Gasteiger partial charge in [0.2, 0.25) is 10.0 Å². The Morgan fingerprint density at radius 2 is 1.81 bits per heavy atom. The first-order chi connectivity index (χ1) is 17.1. The number of aliphatic hydroxyl groups is 1. The Morgan fingerprint density at radius 1 is 1.11 bits per heavy atom. The van der Waals surface area contributed by atoms with Crippen LogP contribution in [0.3, 0.4) is 0 Å². The highest BCUT2D eigenvalue weighted by molar-refractivity contribution is 7.92. The molecule has 12 heteroatoms. The molecule has 194 valence electrons. The van der Waals surface area contributed by atoms with Gasteiger partial charge in [-0.25, -0.2) is 13.2 Å². The number of aromatic hydroxyl groups is 1. The zero-order valence-corrected chi connectivity index (χ0v) is 20.7. The molecule has 11 nitrogen and oxygen atoms in total. The fraction of sp³-hybridized carbons (Fsp3) is 0.417. The van der Waals surface area contributed by atoms with Crippen LogP contribution in [0.4, 0.5) is 16.2 Å². The van der Waals surface area contributed by atoms with E-state index < -0.39 is 28.2 Å². The molecule has 0 spiro atoms. The van der Waals surface area contributed by atoms with Crippen molar-refractivity contribution >= 4 is 33.3 Å². The van der Waals surface area contributed by atoms with Crippen molar-refractivity contribution in [3.05, 3.63) is 53.6 Å². The second kappa shape index (κ2) is 10.7. The Morgan fingerprint density at radius 3 is 2.42 bits per heavy atom. The molecule has 2 atom stereocenters. The SMILES string of the molecule is CS(=O)(=O)Nc1cc(C(O)CNC2CCN(c3ccc(CC4NC(=O)NC4=O)cc3)CC2)ccc1O. The Balaban J connectivity index is 1.24. The number of rotatable bonds is 9. The summed E-state index contributed by atoms with van der Waals surface area (Å²) in [5, 5.41) is 28.7. The number of piperidine rings is 1. The maximum atomic E-state index is 11.7. The number of amides is 3. The van der Waals surface area contributed by atoms with Crippen molar-refractivity contribution in [2.75, 3.05) is 35.5 Å². The summed E-state index contributed by atoms with van der Waals surface area (Å²) in [4.78, 5) is 25.3. The van der Waals surface area contributed by atoms with Gasteiger partial charge in [-0.15, -0.1) is 0 Å². The van der Waals surface area contributed by atoms with Crippen molar-refractivity contribution in [3.63, 3.8) is 0 Å². The third-order valence-electron chi connectivity index (χ3n) is 6.40. The average molecular weight is 518 g/mol. The molecule has 0 bridgehead atoms. The second-order valence-corrected chi connectivity index (χ2v) is 11.0. The van der Waals surface area contributed by atoms with Crippen LogP contribution in [0.5, 0.6) is 5.75 Å². The molecule has 6 N–H and O–H groups in total. The highest BCUT2D eigenvalue weighted by atomic mass is 32.2. The van der Waals surface area contributed by atoms with Gasteiger partial charge in [-0.2, -0.15) is 0 Å². The van der Waals surface area contributed by atoms with Crippen LogP contribution >= 0.6 is 0 Å². The van der Waals surface area contributed by atoms with Gasteiger partial charge in [-0.3, -0.25) is 14.8 Å². The van der Waals surface area contributed by atoms with Crippen LogP contribution in [0.25, 0.3) is 0 Å². The van der Waals surface area contributed by atoms with E-state index in [2.05, 4.69) is 25.6 Å². The number of hydrogen-bond donors (Lipinski definition) is 6. The number of sulfonamides is 1. The molecule has 2 aromatic carbocycles. The van der Waals surface area contributed by atoms with Gasteiger partial charge in [0.15, 0.2) is 0 Å². The number of hydrogen-bond acceptors (Lipinski definition) is 8. The Kier molecular flexibility index (Phi) is 7.67. The van der Waals surface area contributed by atoms with Crippen LogP contribution in [-0.2, 0) is 21.2 Å². The van der Waals surface area contributed by atoms with E-state index in [4.69, 9.17) is 0 Å². The number of imide groups is 1. The van der Waals surface area contributed by atoms with E-state index in [-0.39, 0.29) is 23.4 Å².